The van der Waals surface area contributed by atoms with Crippen LogP contribution in [-0.4, -0.2) is 57.0 Å². The van der Waals surface area contributed by atoms with Crippen molar-refractivity contribution in [2.75, 3.05) is 31.1 Å². The van der Waals surface area contributed by atoms with Crippen LogP contribution in [0.25, 0.3) is 11.4 Å². The summed E-state index contributed by atoms with van der Waals surface area (Å²) in [7, 11) is 0. The van der Waals surface area contributed by atoms with E-state index in [9.17, 15) is 4.79 Å². The molecule has 1 fully saturated rings. The fourth-order valence-corrected chi connectivity index (χ4v) is 4.98. The summed E-state index contributed by atoms with van der Waals surface area (Å²) < 4.78 is 2.11. The lowest BCUT2D eigenvalue weighted by atomic mass is 9.99. The highest BCUT2D eigenvalue weighted by atomic mass is 32.2. The number of nitrogens with zero attached hydrogens (tertiary/aromatic N) is 5. The molecule has 164 valence electrons. The number of carbonyl (C=O) groups excluding carboxylic acids is 1. The Bertz CT molecular complexity index is 823. The van der Waals surface area contributed by atoms with Gasteiger partial charge in [-0.25, -0.2) is 0 Å². The number of piperidine rings is 1. The lowest BCUT2D eigenvalue weighted by molar-refractivity contribution is -0.131. The molecule has 1 atom stereocenters. The molecule has 1 amide bonds. The maximum Gasteiger partial charge on any atom is 0.235 e. The standard InChI is InChI=1S/C23H35N5OS/c1-6-26(7-2)20-11-9-19(10-12-20)21-24-25-23(28(21)8-3)30-18(5)22(29)27-15-13-17(4)14-16-27/h9-12,17-18H,6-8,13-16H2,1-5H3. The molecule has 0 saturated carbocycles. The van der Waals surface area contributed by atoms with Crippen LogP contribution in [0.15, 0.2) is 29.4 Å². The molecule has 1 unspecified atom stereocenters. The third-order valence-corrected chi connectivity index (χ3v) is 7.08. The lowest BCUT2D eigenvalue weighted by Gasteiger charge is -2.31. The predicted molar refractivity (Wildman–Crippen MR) is 125 cm³/mol. The Hall–Kier alpha value is -2.02. The van der Waals surface area contributed by atoms with Crippen molar-refractivity contribution in [1.82, 2.24) is 19.7 Å². The molecule has 0 spiro atoms. The van der Waals surface area contributed by atoms with Gasteiger partial charge in [-0.1, -0.05) is 18.7 Å². The van der Waals surface area contributed by atoms with Gasteiger partial charge in [0.2, 0.25) is 5.91 Å². The molecular formula is C23H35N5OS. The second-order valence-corrected chi connectivity index (χ2v) is 9.35. The van der Waals surface area contributed by atoms with Crippen molar-refractivity contribution in [3.8, 4) is 11.4 Å². The molecule has 0 aliphatic carbocycles. The van der Waals surface area contributed by atoms with Crippen molar-refractivity contribution >= 4 is 23.4 Å². The maximum atomic E-state index is 12.9. The van der Waals surface area contributed by atoms with Crippen LogP contribution in [0.5, 0.6) is 0 Å². The third-order valence-electron chi connectivity index (χ3n) is 6.01. The summed E-state index contributed by atoms with van der Waals surface area (Å²) in [6, 6.07) is 8.52. The topological polar surface area (TPSA) is 54.3 Å². The summed E-state index contributed by atoms with van der Waals surface area (Å²) in [6.07, 6.45) is 2.20. The van der Waals surface area contributed by atoms with Gasteiger partial charge in [0.15, 0.2) is 11.0 Å². The molecule has 2 aromatic rings. The van der Waals surface area contributed by atoms with Gasteiger partial charge in [-0.3, -0.25) is 4.79 Å². The fraction of sp³-hybridized carbons (Fsp3) is 0.609. The Morgan fingerprint density at radius 3 is 2.33 bits per heavy atom. The normalized spacial score (nSPS) is 16.0. The number of hydrogen-bond donors (Lipinski definition) is 0. The quantitative estimate of drug-likeness (QED) is 0.576. The van der Waals surface area contributed by atoms with E-state index in [1.54, 1.807) is 0 Å². The van der Waals surface area contributed by atoms with Crippen LogP contribution < -0.4 is 4.90 Å². The zero-order valence-electron chi connectivity index (χ0n) is 19.0. The van der Waals surface area contributed by atoms with E-state index < -0.39 is 0 Å². The molecule has 1 saturated heterocycles. The first-order valence-electron chi connectivity index (χ1n) is 11.2. The Morgan fingerprint density at radius 2 is 1.77 bits per heavy atom. The van der Waals surface area contributed by atoms with Crippen LogP contribution in [0, 0.1) is 5.92 Å². The van der Waals surface area contributed by atoms with Crippen molar-refractivity contribution in [3.05, 3.63) is 24.3 Å². The summed E-state index contributed by atoms with van der Waals surface area (Å²) in [5, 5.41) is 9.54. The van der Waals surface area contributed by atoms with E-state index in [-0.39, 0.29) is 11.2 Å². The van der Waals surface area contributed by atoms with E-state index in [0.717, 1.165) is 68.0 Å². The molecule has 1 aliphatic heterocycles. The zero-order valence-corrected chi connectivity index (χ0v) is 19.8. The van der Waals surface area contributed by atoms with Gasteiger partial charge in [0.25, 0.3) is 0 Å². The second kappa shape index (κ2) is 10.3. The molecule has 7 heteroatoms. The van der Waals surface area contributed by atoms with Crippen molar-refractivity contribution in [2.24, 2.45) is 5.92 Å². The third kappa shape index (κ3) is 4.99. The minimum atomic E-state index is -0.161. The molecule has 1 aliphatic rings. The number of anilines is 1. The highest BCUT2D eigenvalue weighted by Gasteiger charge is 2.27. The first-order valence-corrected chi connectivity index (χ1v) is 12.1. The Balaban J connectivity index is 1.73. The number of carbonyl (C=O) groups is 1. The number of thioether (sulfide) groups is 1. The second-order valence-electron chi connectivity index (χ2n) is 8.04. The molecule has 0 radical (unpaired) electrons. The van der Waals surface area contributed by atoms with Gasteiger partial charge in [0.05, 0.1) is 5.25 Å². The van der Waals surface area contributed by atoms with E-state index in [4.69, 9.17) is 0 Å². The van der Waals surface area contributed by atoms with Gasteiger partial charge in [0.1, 0.15) is 0 Å². The monoisotopic (exact) mass is 429 g/mol. The Kier molecular flexibility index (Phi) is 7.81. The molecule has 0 N–H and O–H groups in total. The smallest absolute Gasteiger partial charge is 0.235 e. The van der Waals surface area contributed by atoms with Gasteiger partial charge < -0.3 is 14.4 Å². The number of amides is 1. The lowest BCUT2D eigenvalue weighted by Crippen LogP contribution is -2.41. The van der Waals surface area contributed by atoms with Gasteiger partial charge in [-0.05, 0) is 70.7 Å². The van der Waals surface area contributed by atoms with Crippen LogP contribution in [0.4, 0.5) is 5.69 Å². The van der Waals surface area contributed by atoms with E-state index in [2.05, 4.69) is 71.6 Å². The average Bonchev–Trinajstić information content (AvgIpc) is 3.17. The number of benzene rings is 1. The molecule has 3 rings (SSSR count). The van der Waals surface area contributed by atoms with Crippen LogP contribution in [0.3, 0.4) is 0 Å². The first kappa shape index (κ1) is 22.7. The fourth-order valence-electron chi connectivity index (χ4n) is 3.98. The van der Waals surface area contributed by atoms with Crippen molar-refractivity contribution in [2.45, 2.75) is 64.4 Å². The van der Waals surface area contributed by atoms with E-state index in [1.165, 1.54) is 17.4 Å². The molecule has 30 heavy (non-hydrogen) atoms. The van der Waals surface area contributed by atoms with E-state index >= 15 is 0 Å². The Labute approximate surface area is 185 Å². The van der Waals surface area contributed by atoms with Crippen LogP contribution in [-0.2, 0) is 11.3 Å². The van der Waals surface area contributed by atoms with Gasteiger partial charge >= 0.3 is 0 Å². The average molecular weight is 430 g/mol. The SMILES string of the molecule is CCN(CC)c1ccc(-c2nnc(SC(C)C(=O)N3CCC(C)CC3)n2CC)cc1. The zero-order chi connectivity index (χ0) is 21.7. The van der Waals surface area contributed by atoms with E-state index in [1.807, 2.05) is 11.8 Å². The van der Waals surface area contributed by atoms with E-state index in [0.29, 0.717) is 0 Å². The minimum Gasteiger partial charge on any atom is -0.372 e. The van der Waals surface area contributed by atoms with Gasteiger partial charge in [-0.2, -0.15) is 0 Å². The minimum absolute atomic E-state index is 0.161. The number of likely N-dealkylation sites (tertiary alicyclic amines) is 1. The molecule has 1 aromatic carbocycles. The first-order chi connectivity index (χ1) is 14.5. The molecule has 2 heterocycles. The van der Waals surface area contributed by atoms with Gasteiger partial charge in [-0.15, -0.1) is 10.2 Å². The van der Waals surface area contributed by atoms with Crippen LogP contribution in [0.1, 0.15) is 47.5 Å². The van der Waals surface area contributed by atoms with Gasteiger partial charge in [0, 0.05) is 44.0 Å². The summed E-state index contributed by atoms with van der Waals surface area (Å²) in [5.74, 6) is 1.79. The highest BCUT2D eigenvalue weighted by molar-refractivity contribution is 8.00. The number of aromatic nitrogens is 3. The predicted octanol–water partition coefficient (Wildman–Crippen LogP) is 4.55. The summed E-state index contributed by atoms with van der Waals surface area (Å²) in [5.41, 5.74) is 2.27. The van der Waals surface area contributed by atoms with Crippen LogP contribution >= 0.6 is 11.8 Å². The molecule has 0 bridgehead atoms. The van der Waals surface area contributed by atoms with Crippen molar-refractivity contribution in [3.63, 3.8) is 0 Å². The number of rotatable bonds is 8. The maximum absolute atomic E-state index is 12.9. The molecule has 1 aromatic heterocycles. The largest absolute Gasteiger partial charge is 0.372 e. The summed E-state index contributed by atoms with van der Waals surface area (Å²) in [4.78, 5) is 17.2. The molecular weight excluding hydrogens is 394 g/mol. The van der Waals surface area contributed by atoms with Crippen molar-refractivity contribution in [1.29, 1.82) is 0 Å². The molecule has 6 nitrogen and oxygen atoms in total. The number of hydrogen-bond acceptors (Lipinski definition) is 5. The Morgan fingerprint density at radius 1 is 1.13 bits per heavy atom. The highest BCUT2D eigenvalue weighted by Crippen LogP contribution is 2.29. The summed E-state index contributed by atoms with van der Waals surface area (Å²) in [6.45, 7) is 15.2. The van der Waals surface area contributed by atoms with Crippen molar-refractivity contribution < 1.29 is 4.79 Å². The van der Waals surface area contributed by atoms with Crippen LogP contribution in [0.2, 0.25) is 0 Å². The summed E-state index contributed by atoms with van der Waals surface area (Å²) >= 11 is 1.52.